The first-order valence-electron chi connectivity index (χ1n) is 9.71. The molecule has 0 bridgehead atoms. The van der Waals surface area contributed by atoms with Crippen LogP contribution in [0.5, 0.6) is 0 Å². The second-order valence-electron chi connectivity index (χ2n) is 8.27. The summed E-state index contributed by atoms with van der Waals surface area (Å²) >= 11 is 0. The fraction of sp³-hybridized carbons (Fsp3) is 0.650. The van der Waals surface area contributed by atoms with Gasteiger partial charge in [-0.3, -0.25) is 9.89 Å². The number of hydrogen-bond donors (Lipinski definition) is 2. The van der Waals surface area contributed by atoms with Crippen molar-refractivity contribution in [3.63, 3.8) is 0 Å². The van der Waals surface area contributed by atoms with Gasteiger partial charge in [0.1, 0.15) is 5.60 Å². The summed E-state index contributed by atoms with van der Waals surface area (Å²) in [7, 11) is 1.60. The summed E-state index contributed by atoms with van der Waals surface area (Å²) in [5.41, 5.74) is 1.14. The SMILES string of the molecule is C=CCOC[C@H](CO)N(C)C(=O)c1n[nH]c2c1CN(C(=O)OC(C)(C)C)[C@H](C)C2. The van der Waals surface area contributed by atoms with Gasteiger partial charge in [0.15, 0.2) is 5.69 Å². The van der Waals surface area contributed by atoms with E-state index in [9.17, 15) is 14.7 Å². The van der Waals surface area contributed by atoms with Crippen LogP contribution in [0.1, 0.15) is 49.4 Å². The molecule has 1 aromatic heterocycles. The number of hydrogen-bond acceptors (Lipinski definition) is 6. The molecule has 2 rings (SSSR count). The van der Waals surface area contributed by atoms with Crippen LogP contribution in [0.2, 0.25) is 0 Å². The van der Waals surface area contributed by atoms with E-state index in [1.54, 1.807) is 18.0 Å². The molecule has 0 aromatic carbocycles. The zero-order valence-electron chi connectivity index (χ0n) is 17.9. The number of rotatable bonds is 7. The molecule has 0 saturated carbocycles. The largest absolute Gasteiger partial charge is 0.444 e. The number of aliphatic hydroxyl groups excluding tert-OH is 1. The summed E-state index contributed by atoms with van der Waals surface area (Å²) < 4.78 is 10.9. The van der Waals surface area contributed by atoms with Crippen molar-refractivity contribution in [2.45, 2.75) is 58.3 Å². The van der Waals surface area contributed by atoms with E-state index in [4.69, 9.17) is 9.47 Å². The van der Waals surface area contributed by atoms with Gasteiger partial charge in [-0.05, 0) is 27.7 Å². The van der Waals surface area contributed by atoms with Crippen LogP contribution in [0.15, 0.2) is 12.7 Å². The monoisotopic (exact) mass is 408 g/mol. The Morgan fingerprint density at radius 2 is 2.17 bits per heavy atom. The maximum atomic E-state index is 13.0. The Bertz CT molecular complexity index is 740. The third-order valence-electron chi connectivity index (χ3n) is 4.77. The average Bonchev–Trinajstić information content (AvgIpc) is 3.04. The Morgan fingerprint density at radius 1 is 1.48 bits per heavy atom. The number of fused-ring (bicyclic) bond motifs is 1. The van der Waals surface area contributed by atoms with Gasteiger partial charge in [-0.1, -0.05) is 6.08 Å². The second kappa shape index (κ2) is 9.41. The molecule has 0 fully saturated rings. The number of aliphatic hydroxyl groups is 1. The topological polar surface area (TPSA) is 108 Å². The minimum absolute atomic E-state index is 0.0871. The zero-order chi connectivity index (χ0) is 21.8. The van der Waals surface area contributed by atoms with Crippen LogP contribution >= 0.6 is 0 Å². The number of H-pyrrole nitrogens is 1. The highest BCUT2D eigenvalue weighted by Crippen LogP contribution is 2.27. The van der Waals surface area contributed by atoms with Gasteiger partial charge in [0, 0.05) is 30.8 Å². The van der Waals surface area contributed by atoms with Crippen molar-refractivity contribution in [2.24, 2.45) is 0 Å². The van der Waals surface area contributed by atoms with Crippen molar-refractivity contribution in [1.82, 2.24) is 20.0 Å². The van der Waals surface area contributed by atoms with Crippen LogP contribution in [0, 0.1) is 0 Å². The average molecular weight is 408 g/mol. The lowest BCUT2D eigenvalue weighted by Crippen LogP contribution is -2.46. The van der Waals surface area contributed by atoms with Crippen LogP contribution in [-0.2, 0) is 22.4 Å². The van der Waals surface area contributed by atoms with Crippen molar-refractivity contribution in [2.75, 3.05) is 26.9 Å². The molecule has 9 heteroatoms. The molecule has 9 nitrogen and oxygen atoms in total. The quantitative estimate of drug-likeness (QED) is 0.525. The number of aromatic amines is 1. The minimum atomic E-state index is -0.605. The maximum absolute atomic E-state index is 13.0. The van der Waals surface area contributed by atoms with Gasteiger partial charge in [0.2, 0.25) is 0 Å². The normalized spacial score (nSPS) is 17.4. The molecular formula is C20H32N4O5. The third kappa shape index (κ3) is 5.57. The van der Waals surface area contributed by atoms with E-state index in [0.717, 1.165) is 5.69 Å². The molecular weight excluding hydrogens is 376 g/mol. The predicted octanol–water partition coefficient (Wildman–Crippen LogP) is 1.73. The van der Waals surface area contributed by atoms with Crippen LogP contribution < -0.4 is 0 Å². The van der Waals surface area contributed by atoms with E-state index >= 15 is 0 Å². The predicted molar refractivity (Wildman–Crippen MR) is 108 cm³/mol. The van der Waals surface area contributed by atoms with Crippen LogP contribution in [0.25, 0.3) is 0 Å². The van der Waals surface area contributed by atoms with Gasteiger partial charge >= 0.3 is 6.09 Å². The zero-order valence-corrected chi connectivity index (χ0v) is 17.9. The Labute approximate surface area is 171 Å². The molecule has 2 amide bonds. The molecule has 162 valence electrons. The van der Waals surface area contributed by atoms with E-state index in [0.29, 0.717) is 18.6 Å². The van der Waals surface area contributed by atoms with E-state index in [2.05, 4.69) is 16.8 Å². The first-order valence-corrected chi connectivity index (χ1v) is 9.71. The van der Waals surface area contributed by atoms with Crippen molar-refractivity contribution in [3.05, 3.63) is 29.6 Å². The molecule has 1 aliphatic heterocycles. The first kappa shape index (κ1) is 22.9. The fourth-order valence-corrected chi connectivity index (χ4v) is 3.12. The van der Waals surface area contributed by atoms with Crippen molar-refractivity contribution in [3.8, 4) is 0 Å². The molecule has 0 saturated heterocycles. The van der Waals surface area contributed by atoms with Gasteiger partial charge in [-0.25, -0.2) is 4.79 Å². The standard InChI is InChI=1S/C20H32N4O5/c1-7-8-28-12-14(11-25)23(6)18(26)17-15-10-24(19(27)29-20(3,4)5)13(2)9-16(15)21-22-17/h7,13-14,25H,1,8-12H2,2-6H3,(H,21,22)/t13-,14+/m1/s1. The highest BCUT2D eigenvalue weighted by Gasteiger charge is 2.35. The van der Waals surface area contributed by atoms with E-state index < -0.39 is 17.7 Å². The van der Waals surface area contributed by atoms with Crippen LogP contribution in [0.3, 0.4) is 0 Å². The number of aromatic nitrogens is 2. The molecule has 1 aliphatic rings. The van der Waals surface area contributed by atoms with Gasteiger partial charge in [-0.15, -0.1) is 6.58 Å². The van der Waals surface area contributed by atoms with Gasteiger partial charge in [0.05, 0.1) is 32.4 Å². The first-order chi connectivity index (χ1) is 13.6. The molecule has 0 spiro atoms. The van der Waals surface area contributed by atoms with Crippen molar-refractivity contribution >= 4 is 12.0 Å². The number of ether oxygens (including phenoxy) is 2. The second-order valence-corrected chi connectivity index (χ2v) is 8.27. The summed E-state index contributed by atoms with van der Waals surface area (Å²) in [6, 6.07) is -0.602. The smallest absolute Gasteiger partial charge is 0.410 e. The minimum Gasteiger partial charge on any atom is -0.444 e. The number of nitrogens with zero attached hydrogens (tertiary/aromatic N) is 3. The van der Waals surface area contributed by atoms with Crippen molar-refractivity contribution in [1.29, 1.82) is 0 Å². The highest BCUT2D eigenvalue weighted by molar-refractivity contribution is 5.94. The number of carbonyl (C=O) groups excluding carboxylic acids is 2. The Hall–Kier alpha value is -2.39. The molecule has 29 heavy (non-hydrogen) atoms. The van der Waals surface area contributed by atoms with Gasteiger partial charge < -0.3 is 24.4 Å². The lowest BCUT2D eigenvalue weighted by molar-refractivity contribution is 0.0135. The summed E-state index contributed by atoms with van der Waals surface area (Å²) in [4.78, 5) is 28.6. The number of carbonyl (C=O) groups is 2. The molecule has 0 aliphatic carbocycles. The molecule has 1 aromatic rings. The summed E-state index contributed by atoms with van der Waals surface area (Å²) in [6.07, 6.45) is 1.73. The number of amides is 2. The van der Waals surface area contributed by atoms with Crippen LogP contribution in [-0.4, -0.2) is 81.7 Å². The number of likely N-dealkylation sites (N-methyl/N-ethyl adjacent to an activating group) is 1. The summed E-state index contributed by atoms with van der Waals surface area (Å²) in [5, 5.41) is 16.8. The fourth-order valence-electron chi connectivity index (χ4n) is 3.12. The lowest BCUT2D eigenvalue weighted by atomic mass is 9.99. The highest BCUT2D eigenvalue weighted by atomic mass is 16.6. The molecule has 2 N–H and O–H groups in total. The van der Waals surface area contributed by atoms with Crippen molar-refractivity contribution < 1.29 is 24.2 Å². The van der Waals surface area contributed by atoms with Gasteiger partial charge in [-0.2, -0.15) is 5.10 Å². The van der Waals surface area contributed by atoms with Gasteiger partial charge in [0.25, 0.3) is 5.91 Å². The Balaban J connectivity index is 2.18. The summed E-state index contributed by atoms with van der Waals surface area (Å²) in [5.74, 6) is -0.345. The molecule has 0 unspecified atom stereocenters. The molecule has 2 atom stereocenters. The van der Waals surface area contributed by atoms with Crippen LogP contribution in [0.4, 0.5) is 4.79 Å². The maximum Gasteiger partial charge on any atom is 0.410 e. The van der Waals surface area contributed by atoms with E-state index in [-0.39, 0.29) is 37.4 Å². The lowest BCUT2D eigenvalue weighted by Gasteiger charge is -2.35. The van der Waals surface area contributed by atoms with E-state index in [1.165, 1.54) is 4.90 Å². The molecule has 0 radical (unpaired) electrons. The Morgan fingerprint density at radius 3 is 2.76 bits per heavy atom. The summed E-state index contributed by atoms with van der Waals surface area (Å²) in [6.45, 7) is 11.5. The molecule has 2 heterocycles. The third-order valence-corrected chi connectivity index (χ3v) is 4.77. The Kier molecular flexibility index (Phi) is 7.43. The van der Waals surface area contributed by atoms with E-state index in [1.807, 2.05) is 27.7 Å². The number of nitrogens with one attached hydrogen (secondary N) is 1.